The third kappa shape index (κ3) is 7.25. The molecule has 4 N–H and O–H groups in total. The van der Waals surface area contributed by atoms with Crippen molar-refractivity contribution in [3.8, 4) is 5.75 Å². The molecule has 1 atom stereocenters. The Morgan fingerprint density at radius 1 is 1.12 bits per heavy atom. The lowest BCUT2D eigenvalue weighted by Gasteiger charge is -2.39. The van der Waals surface area contributed by atoms with Crippen LogP contribution in [0.4, 0.5) is 23.1 Å². The Labute approximate surface area is 258 Å². The van der Waals surface area contributed by atoms with Crippen LogP contribution in [0.2, 0.25) is 5.02 Å². The number of piperazine rings is 1. The van der Waals surface area contributed by atoms with Gasteiger partial charge in [0.05, 0.1) is 36.9 Å². The number of carbonyl (C=O) groups is 1. The highest BCUT2D eigenvalue weighted by atomic mass is 35.5. The number of nitrogens with one attached hydrogen (secondary N) is 3. The second-order valence-corrected chi connectivity index (χ2v) is 10.8. The number of β-amino-alcohol motifs (C(OH)–C–C–N with tert-alkyl or cyclic N) is 1. The first-order valence-electron chi connectivity index (χ1n) is 14.1. The summed E-state index contributed by atoms with van der Waals surface area (Å²) < 4.78 is 5.95. The molecule has 1 aliphatic heterocycles. The number of aromatic nitrogens is 2. The van der Waals surface area contributed by atoms with Crippen molar-refractivity contribution in [1.82, 2.24) is 25.1 Å². The molecule has 1 unspecified atom stereocenters. The lowest BCUT2D eigenvalue weighted by Crippen LogP contribution is -2.51. The normalized spacial score (nSPS) is 17.4. The smallest absolute Gasteiger partial charge is 0.253 e. The first-order valence-corrected chi connectivity index (χ1v) is 14.5. The fourth-order valence-corrected chi connectivity index (χ4v) is 5.97. The van der Waals surface area contributed by atoms with Gasteiger partial charge in [-0.05, 0) is 55.0 Å². The summed E-state index contributed by atoms with van der Waals surface area (Å²) in [6.45, 7) is 5.06. The number of hydrogen-bond donors (Lipinski definition) is 4. The van der Waals surface area contributed by atoms with E-state index in [-0.39, 0.29) is 24.9 Å². The summed E-state index contributed by atoms with van der Waals surface area (Å²) in [5, 5.41) is 18.8. The van der Waals surface area contributed by atoms with Gasteiger partial charge in [-0.25, -0.2) is 4.98 Å². The molecule has 226 valence electrons. The lowest BCUT2D eigenvalue weighted by molar-refractivity contribution is 0.0805. The molecule has 0 bridgehead atoms. The molecule has 2 heterocycles. The maximum absolute atomic E-state index is 12.3. The number of amides is 1. The fourth-order valence-electron chi connectivity index (χ4n) is 5.83. The third-order valence-corrected chi connectivity index (χ3v) is 8.24. The lowest BCUT2D eigenvalue weighted by atomic mass is 9.98. The van der Waals surface area contributed by atoms with Crippen LogP contribution in [0.5, 0.6) is 5.75 Å². The van der Waals surface area contributed by atoms with E-state index in [4.69, 9.17) is 16.3 Å². The molecule has 1 saturated heterocycles. The first kappa shape index (κ1) is 31.8. The van der Waals surface area contributed by atoms with Gasteiger partial charge in [-0.2, -0.15) is 4.98 Å². The van der Waals surface area contributed by atoms with Crippen LogP contribution in [0.25, 0.3) is 0 Å². The van der Waals surface area contributed by atoms with E-state index in [1.54, 1.807) is 32.4 Å². The molecule has 0 saturated carbocycles. The highest BCUT2D eigenvalue weighted by molar-refractivity contribution is 6.33. The molecule has 1 aromatic heterocycles. The quantitative estimate of drug-likeness (QED) is 0.262. The summed E-state index contributed by atoms with van der Waals surface area (Å²) in [5.74, 6) is 1.35. The van der Waals surface area contributed by atoms with E-state index in [2.05, 4.69) is 41.8 Å². The first-order chi connectivity index (χ1) is 20.0. The Bertz CT molecular complexity index is 1370. The van der Waals surface area contributed by atoms with Gasteiger partial charge in [-0.3, -0.25) is 14.6 Å². The van der Waals surface area contributed by atoms with Crippen molar-refractivity contribution in [3.05, 3.63) is 64.3 Å². The Hall–Kier alpha value is -3.15. The third-order valence-electron chi connectivity index (χ3n) is 7.96. The van der Waals surface area contributed by atoms with Gasteiger partial charge in [0.2, 0.25) is 5.95 Å². The minimum absolute atomic E-state index is 0. The van der Waals surface area contributed by atoms with Gasteiger partial charge >= 0.3 is 0 Å². The van der Waals surface area contributed by atoms with E-state index in [0.29, 0.717) is 34.1 Å². The summed E-state index contributed by atoms with van der Waals surface area (Å²) in [5.41, 5.74) is 4.41. The van der Waals surface area contributed by atoms with E-state index in [1.165, 1.54) is 17.3 Å². The average molecular weight is 617 g/mol. The van der Waals surface area contributed by atoms with E-state index in [0.717, 1.165) is 69.8 Å². The van der Waals surface area contributed by atoms with Crippen LogP contribution in [0, 0.1) is 0 Å². The van der Waals surface area contributed by atoms with Crippen LogP contribution in [0.3, 0.4) is 0 Å². The molecule has 5 rings (SSSR count). The number of carbonyl (C=O) groups excluding carboxylic acids is 1. The zero-order chi connectivity index (χ0) is 28.8. The van der Waals surface area contributed by atoms with Crippen molar-refractivity contribution in [3.63, 3.8) is 0 Å². The number of benzene rings is 2. The number of aliphatic hydroxyl groups excluding tert-OH is 1. The van der Waals surface area contributed by atoms with Crippen molar-refractivity contribution in [2.45, 2.75) is 31.7 Å². The van der Waals surface area contributed by atoms with E-state index in [9.17, 15) is 9.90 Å². The Morgan fingerprint density at radius 2 is 1.90 bits per heavy atom. The van der Waals surface area contributed by atoms with Crippen molar-refractivity contribution in [2.24, 2.45) is 0 Å². The van der Waals surface area contributed by atoms with E-state index >= 15 is 0 Å². The van der Waals surface area contributed by atoms with E-state index in [1.807, 2.05) is 12.1 Å². The Morgan fingerprint density at radius 3 is 2.64 bits per heavy atom. The standard InChI is InChI=1S/C30H38ClN7O3.ClH/c1-32-29(40)23-7-3-4-9-25(23)34-28-24(31)19-33-30(36-28)35-26-11-10-20-18-21(6-5-8-22(20)27(26)41-2)38-14-12-37(13-15-38)16-17-39;/h3-4,7,9-11,19,21,39H,5-6,8,12-18H2,1-2H3,(H,32,40)(H2,33,34,35,36);1H. The second-order valence-electron chi connectivity index (χ2n) is 10.4. The molecule has 1 fully saturated rings. The highest BCUT2D eigenvalue weighted by Crippen LogP contribution is 2.38. The van der Waals surface area contributed by atoms with Gasteiger partial charge in [0.15, 0.2) is 5.82 Å². The maximum atomic E-state index is 12.3. The number of hydrogen-bond acceptors (Lipinski definition) is 9. The van der Waals surface area contributed by atoms with Gasteiger partial charge in [-0.15, -0.1) is 12.4 Å². The molecule has 3 aromatic rings. The number of ether oxygens (including phenoxy) is 1. The predicted octanol–water partition coefficient (Wildman–Crippen LogP) is 4.26. The number of fused-ring (bicyclic) bond motifs is 1. The summed E-state index contributed by atoms with van der Waals surface area (Å²) in [6, 6.07) is 11.9. The van der Waals surface area contributed by atoms with Crippen LogP contribution in [-0.2, 0) is 12.8 Å². The van der Waals surface area contributed by atoms with Gasteiger partial charge < -0.3 is 25.8 Å². The van der Waals surface area contributed by atoms with Crippen LogP contribution < -0.4 is 20.7 Å². The number of halogens is 2. The molecule has 2 aromatic carbocycles. The van der Waals surface area contributed by atoms with Crippen LogP contribution in [-0.4, -0.2) is 90.3 Å². The zero-order valence-electron chi connectivity index (χ0n) is 24.0. The van der Waals surface area contributed by atoms with Gasteiger partial charge in [0.25, 0.3) is 5.91 Å². The molecule has 1 aliphatic carbocycles. The summed E-state index contributed by atoms with van der Waals surface area (Å²) in [7, 11) is 3.29. The molecule has 0 spiro atoms. The minimum atomic E-state index is -0.211. The molecule has 12 heteroatoms. The van der Waals surface area contributed by atoms with Crippen LogP contribution >= 0.6 is 24.0 Å². The molecular weight excluding hydrogens is 577 g/mol. The molecule has 0 radical (unpaired) electrons. The second kappa shape index (κ2) is 14.8. The average Bonchev–Trinajstić information content (AvgIpc) is 3.22. The number of anilines is 4. The number of nitrogens with zero attached hydrogens (tertiary/aromatic N) is 4. The summed E-state index contributed by atoms with van der Waals surface area (Å²) >= 11 is 6.43. The topological polar surface area (TPSA) is 115 Å². The van der Waals surface area contributed by atoms with Gasteiger partial charge in [0.1, 0.15) is 10.8 Å². The molecular formula is C30H39Cl2N7O3. The van der Waals surface area contributed by atoms with E-state index < -0.39 is 0 Å². The largest absolute Gasteiger partial charge is 0.494 e. The molecule has 1 amide bonds. The summed E-state index contributed by atoms with van der Waals surface area (Å²) in [4.78, 5) is 26.3. The van der Waals surface area contributed by atoms with Gasteiger partial charge in [-0.1, -0.05) is 29.8 Å². The van der Waals surface area contributed by atoms with Crippen LogP contribution in [0.15, 0.2) is 42.6 Å². The highest BCUT2D eigenvalue weighted by Gasteiger charge is 2.28. The molecule has 10 nitrogen and oxygen atoms in total. The summed E-state index contributed by atoms with van der Waals surface area (Å²) in [6.07, 6.45) is 5.70. The number of rotatable bonds is 9. The molecule has 2 aliphatic rings. The minimum Gasteiger partial charge on any atom is -0.494 e. The number of aliphatic hydroxyl groups is 1. The number of para-hydroxylation sites is 1. The Kier molecular flexibility index (Phi) is 11.2. The fraction of sp³-hybridized carbons (Fsp3) is 0.433. The van der Waals surface area contributed by atoms with Gasteiger partial charge in [0, 0.05) is 45.8 Å². The van der Waals surface area contributed by atoms with Crippen molar-refractivity contribution < 1.29 is 14.6 Å². The maximum Gasteiger partial charge on any atom is 0.253 e. The number of methoxy groups -OCH3 is 1. The van der Waals surface area contributed by atoms with Crippen molar-refractivity contribution in [2.75, 3.05) is 64.1 Å². The van der Waals surface area contributed by atoms with Crippen molar-refractivity contribution >= 4 is 53.1 Å². The monoisotopic (exact) mass is 615 g/mol. The van der Waals surface area contributed by atoms with Crippen molar-refractivity contribution in [1.29, 1.82) is 0 Å². The zero-order valence-corrected chi connectivity index (χ0v) is 25.6. The SMILES string of the molecule is CNC(=O)c1ccccc1Nc1nc(Nc2ccc3c(c2OC)CCCC(N2CCN(CCO)CC2)C3)ncc1Cl.Cl. The molecule has 42 heavy (non-hydrogen) atoms. The van der Waals surface area contributed by atoms with Crippen LogP contribution in [0.1, 0.15) is 34.3 Å². The predicted molar refractivity (Wildman–Crippen MR) is 169 cm³/mol. The Balaban J connectivity index is 0.00000405.